The van der Waals surface area contributed by atoms with Crippen molar-refractivity contribution < 1.29 is 14.3 Å². The maximum atomic E-state index is 13.2. The second-order valence-electron chi connectivity index (χ2n) is 6.12. The molecule has 122 valence electrons. The summed E-state index contributed by atoms with van der Waals surface area (Å²) in [6.45, 7) is 3.90. The van der Waals surface area contributed by atoms with Crippen molar-refractivity contribution in [2.24, 2.45) is 0 Å². The van der Waals surface area contributed by atoms with Crippen molar-refractivity contribution in [3.63, 3.8) is 0 Å². The number of carbonyl (C=O) groups is 1. The third-order valence-electron chi connectivity index (χ3n) is 4.89. The summed E-state index contributed by atoms with van der Waals surface area (Å²) in [5.41, 5.74) is 0.811. The van der Waals surface area contributed by atoms with E-state index in [1.165, 1.54) is 0 Å². The van der Waals surface area contributed by atoms with E-state index >= 15 is 0 Å². The number of rotatable bonds is 3. The van der Waals surface area contributed by atoms with Gasteiger partial charge in [-0.1, -0.05) is 18.2 Å². The fourth-order valence-corrected chi connectivity index (χ4v) is 4.79. The average molecular weight is 331 g/mol. The van der Waals surface area contributed by atoms with Gasteiger partial charge in [-0.3, -0.25) is 4.79 Å². The van der Waals surface area contributed by atoms with Gasteiger partial charge in [-0.05, 0) is 25.8 Å². The van der Waals surface area contributed by atoms with Crippen LogP contribution in [0.3, 0.4) is 0 Å². The molecule has 0 radical (unpaired) electrons. The fourth-order valence-electron chi connectivity index (χ4n) is 3.85. The quantitative estimate of drug-likeness (QED) is 0.866. The van der Waals surface area contributed by atoms with E-state index in [1.54, 1.807) is 11.3 Å². The van der Waals surface area contributed by atoms with E-state index in [2.05, 4.69) is 6.07 Å². The maximum absolute atomic E-state index is 13.2. The van der Waals surface area contributed by atoms with E-state index in [9.17, 15) is 4.79 Å². The van der Waals surface area contributed by atoms with Gasteiger partial charge in [-0.25, -0.2) is 0 Å². The van der Waals surface area contributed by atoms with Crippen LogP contribution in [0.5, 0.6) is 0 Å². The normalized spacial score (nSPS) is 27.3. The Morgan fingerprint density at radius 1 is 1.39 bits per heavy atom. The molecular weight excluding hydrogens is 310 g/mol. The minimum absolute atomic E-state index is 0.0105. The zero-order valence-corrected chi connectivity index (χ0v) is 14.1. The first-order valence-electron chi connectivity index (χ1n) is 8.30. The van der Waals surface area contributed by atoms with Gasteiger partial charge in [0.2, 0.25) is 0 Å². The first-order valence-corrected chi connectivity index (χ1v) is 9.18. The Labute approximate surface area is 140 Å². The van der Waals surface area contributed by atoms with Crippen LogP contribution in [0.2, 0.25) is 0 Å². The summed E-state index contributed by atoms with van der Waals surface area (Å²) in [7, 11) is 0. The molecule has 1 aliphatic heterocycles. The SMILES string of the molecule is CCO[C@@H]1[C@H]2CC[C@H]1OCCN2C(=O)c1csc2ccccc12. The highest BCUT2D eigenvalue weighted by molar-refractivity contribution is 7.17. The lowest BCUT2D eigenvalue weighted by Gasteiger charge is -2.31. The lowest BCUT2D eigenvalue weighted by atomic mass is 10.1. The van der Waals surface area contributed by atoms with Crippen molar-refractivity contribution in [1.29, 1.82) is 0 Å². The highest BCUT2D eigenvalue weighted by Crippen LogP contribution is 2.34. The molecule has 1 aromatic heterocycles. The highest BCUT2D eigenvalue weighted by Gasteiger charge is 2.44. The van der Waals surface area contributed by atoms with Gasteiger partial charge in [0.15, 0.2) is 0 Å². The molecule has 2 aliphatic rings. The number of hydrogen-bond donors (Lipinski definition) is 0. The third kappa shape index (κ3) is 2.57. The van der Waals surface area contributed by atoms with Crippen LogP contribution in [-0.2, 0) is 9.47 Å². The number of hydrogen-bond acceptors (Lipinski definition) is 4. The van der Waals surface area contributed by atoms with E-state index in [0.717, 1.165) is 28.5 Å². The van der Waals surface area contributed by atoms with Gasteiger partial charge in [-0.15, -0.1) is 11.3 Å². The molecule has 5 heteroatoms. The molecule has 2 heterocycles. The topological polar surface area (TPSA) is 38.8 Å². The zero-order valence-electron chi connectivity index (χ0n) is 13.2. The Balaban J connectivity index is 1.67. The lowest BCUT2D eigenvalue weighted by Crippen LogP contribution is -2.46. The molecule has 4 nitrogen and oxygen atoms in total. The summed E-state index contributed by atoms with van der Waals surface area (Å²) in [4.78, 5) is 15.2. The Morgan fingerprint density at radius 3 is 3.13 bits per heavy atom. The highest BCUT2D eigenvalue weighted by atomic mass is 32.1. The molecule has 0 N–H and O–H groups in total. The molecule has 1 amide bonds. The molecule has 2 bridgehead atoms. The zero-order chi connectivity index (χ0) is 15.8. The molecule has 0 unspecified atom stereocenters. The standard InChI is InChI=1S/C18H21NO3S/c1-2-21-17-14-7-8-15(17)22-10-9-19(14)18(20)13-11-23-16-6-4-3-5-12(13)16/h3-6,11,14-15,17H,2,7-10H2,1H3/t14-,15-,17-/m1/s1. The monoisotopic (exact) mass is 331 g/mol. The molecule has 1 saturated heterocycles. The van der Waals surface area contributed by atoms with E-state index in [0.29, 0.717) is 19.8 Å². The minimum Gasteiger partial charge on any atom is -0.374 e. The van der Waals surface area contributed by atoms with Gasteiger partial charge in [0, 0.05) is 28.6 Å². The molecule has 4 rings (SSSR count). The maximum Gasteiger partial charge on any atom is 0.255 e. The second-order valence-corrected chi connectivity index (χ2v) is 7.03. The van der Waals surface area contributed by atoms with Crippen molar-refractivity contribution in [1.82, 2.24) is 4.90 Å². The van der Waals surface area contributed by atoms with Gasteiger partial charge in [-0.2, -0.15) is 0 Å². The van der Waals surface area contributed by atoms with Crippen molar-refractivity contribution in [3.8, 4) is 0 Å². The molecule has 1 aromatic carbocycles. The summed E-state index contributed by atoms with van der Waals surface area (Å²) < 4.78 is 13.0. The van der Waals surface area contributed by atoms with Gasteiger partial charge < -0.3 is 14.4 Å². The van der Waals surface area contributed by atoms with Gasteiger partial charge in [0.1, 0.15) is 6.10 Å². The second kappa shape index (κ2) is 6.23. The van der Waals surface area contributed by atoms with Crippen LogP contribution in [0, 0.1) is 0 Å². The van der Waals surface area contributed by atoms with Crippen LogP contribution in [0.25, 0.3) is 10.1 Å². The number of fused-ring (bicyclic) bond motifs is 3. The number of carbonyl (C=O) groups excluding carboxylic acids is 1. The smallest absolute Gasteiger partial charge is 0.255 e. The summed E-state index contributed by atoms with van der Waals surface area (Å²) in [5, 5.41) is 3.04. The van der Waals surface area contributed by atoms with E-state index in [-0.39, 0.29) is 24.2 Å². The van der Waals surface area contributed by atoms with E-state index < -0.39 is 0 Å². The Morgan fingerprint density at radius 2 is 2.26 bits per heavy atom. The summed E-state index contributed by atoms with van der Waals surface area (Å²) >= 11 is 1.63. The minimum atomic E-state index is 0.0105. The molecule has 0 spiro atoms. The van der Waals surface area contributed by atoms with Crippen LogP contribution >= 0.6 is 11.3 Å². The Hall–Kier alpha value is -1.43. The third-order valence-corrected chi connectivity index (χ3v) is 5.85. The van der Waals surface area contributed by atoms with E-state index in [4.69, 9.17) is 9.47 Å². The molecule has 2 aromatic rings. The summed E-state index contributed by atoms with van der Waals surface area (Å²) in [6, 6.07) is 8.24. The predicted octanol–water partition coefficient (Wildman–Crippen LogP) is 3.31. The molecule has 1 saturated carbocycles. The largest absolute Gasteiger partial charge is 0.374 e. The van der Waals surface area contributed by atoms with E-state index in [1.807, 2.05) is 35.4 Å². The summed E-state index contributed by atoms with van der Waals surface area (Å²) in [5.74, 6) is 0.114. The van der Waals surface area contributed by atoms with Crippen molar-refractivity contribution in [3.05, 3.63) is 35.2 Å². The van der Waals surface area contributed by atoms with Crippen LogP contribution in [0.4, 0.5) is 0 Å². The van der Waals surface area contributed by atoms with Crippen molar-refractivity contribution >= 4 is 27.3 Å². The summed E-state index contributed by atoms with van der Waals surface area (Å²) in [6.07, 6.45) is 2.08. The van der Waals surface area contributed by atoms with Crippen LogP contribution in [0.1, 0.15) is 30.1 Å². The first kappa shape index (κ1) is 15.1. The van der Waals surface area contributed by atoms with Crippen molar-refractivity contribution in [2.75, 3.05) is 19.8 Å². The number of nitrogens with zero attached hydrogens (tertiary/aromatic N) is 1. The molecular formula is C18H21NO3S. The molecule has 2 fully saturated rings. The predicted molar refractivity (Wildman–Crippen MR) is 91.0 cm³/mol. The van der Waals surface area contributed by atoms with Gasteiger partial charge in [0.05, 0.1) is 24.3 Å². The van der Waals surface area contributed by atoms with Crippen LogP contribution in [0.15, 0.2) is 29.6 Å². The molecule has 3 atom stereocenters. The van der Waals surface area contributed by atoms with Crippen LogP contribution in [-0.4, -0.2) is 48.8 Å². The first-order chi connectivity index (χ1) is 11.3. The Kier molecular flexibility index (Phi) is 4.09. The molecule has 23 heavy (non-hydrogen) atoms. The number of ether oxygens (including phenoxy) is 2. The molecule has 1 aliphatic carbocycles. The number of thiophene rings is 1. The fraction of sp³-hybridized carbons (Fsp3) is 0.500. The number of benzene rings is 1. The Bertz CT molecular complexity index is 713. The van der Waals surface area contributed by atoms with Gasteiger partial charge in [0.25, 0.3) is 5.91 Å². The lowest BCUT2D eigenvalue weighted by molar-refractivity contribution is -0.0484. The number of amides is 1. The van der Waals surface area contributed by atoms with Crippen molar-refractivity contribution in [2.45, 2.75) is 38.0 Å². The van der Waals surface area contributed by atoms with Gasteiger partial charge >= 0.3 is 0 Å². The average Bonchev–Trinajstić information content (AvgIpc) is 3.09. The van der Waals surface area contributed by atoms with Crippen LogP contribution < -0.4 is 0 Å².